The van der Waals surface area contributed by atoms with Crippen molar-refractivity contribution in [2.24, 2.45) is 0 Å². The van der Waals surface area contributed by atoms with E-state index in [4.69, 9.17) is 24.4 Å². The van der Waals surface area contributed by atoms with Gasteiger partial charge < -0.3 is 4.42 Å². The molecule has 4 aromatic heterocycles. The van der Waals surface area contributed by atoms with Gasteiger partial charge in [-0.15, -0.1) is 22.7 Å². The first-order valence-electron chi connectivity index (χ1n) is 17.4. The number of para-hydroxylation sites is 1. The van der Waals surface area contributed by atoms with Crippen LogP contribution < -0.4 is 0 Å². The Kier molecular flexibility index (Phi) is 6.83. The minimum absolute atomic E-state index is 0.599. The lowest BCUT2D eigenvalue weighted by molar-refractivity contribution is 0.669. The molecule has 0 amide bonds. The lowest BCUT2D eigenvalue weighted by atomic mass is 9.97. The van der Waals surface area contributed by atoms with Crippen LogP contribution in [-0.2, 0) is 0 Å². The molecule has 0 aliphatic rings. The molecular weight excluding hydrogens is 689 g/mol. The molecule has 53 heavy (non-hydrogen) atoms. The summed E-state index contributed by atoms with van der Waals surface area (Å²) in [6, 6.07) is 54.3. The average Bonchev–Trinajstić information content (AvgIpc) is 3.94. The van der Waals surface area contributed by atoms with Gasteiger partial charge in [0.25, 0.3) is 0 Å². The first kappa shape index (κ1) is 30.1. The van der Waals surface area contributed by atoms with Gasteiger partial charge in [-0.25, -0.2) is 19.9 Å². The summed E-state index contributed by atoms with van der Waals surface area (Å²) in [7, 11) is 0. The molecule has 7 aromatic carbocycles. The second-order valence-electron chi connectivity index (χ2n) is 13.0. The zero-order valence-electron chi connectivity index (χ0n) is 28.0. The molecule has 0 saturated heterocycles. The van der Waals surface area contributed by atoms with Gasteiger partial charge in [0.05, 0.1) is 10.2 Å². The summed E-state index contributed by atoms with van der Waals surface area (Å²) < 4.78 is 9.94. The van der Waals surface area contributed by atoms with E-state index in [0.29, 0.717) is 17.5 Å². The molecule has 5 nitrogen and oxygen atoms in total. The van der Waals surface area contributed by atoms with E-state index in [-0.39, 0.29) is 0 Å². The van der Waals surface area contributed by atoms with Crippen molar-refractivity contribution in [3.63, 3.8) is 0 Å². The maximum atomic E-state index is 6.23. The van der Waals surface area contributed by atoms with Gasteiger partial charge in [0.2, 0.25) is 0 Å². The Morgan fingerprint density at radius 1 is 0.396 bits per heavy atom. The Morgan fingerprint density at radius 2 is 1.02 bits per heavy atom. The zero-order chi connectivity index (χ0) is 34.9. The Hall–Kier alpha value is -6.54. The molecule has 0 aliphatic carbocycles. The highest BCUT2D eigenvalue weighted by Gasteiger charge is 2.21. The summed E-state index contributed by atoms with van der Waals surface area (Å²) in [6.07, 6.45) is 0. The Morgan fingerprint density at radius 3 is 1.81 bits per heavy atom. The molecule has 0 fully saturated rings. The summed E-state index contributed by atoms with van der Waals surface area (Å²) in [5.41, 5.74) is 8.77. The monoisotopic (exact) mass is 714 g/mol. The molecule has 0 unspecified atom stereocenters. The Bertz CT molecular complexity index is 3160. The van der Waals surface area contributed by atoms with Gasteiger partial charge in [-0.3, -0.25) is 0 Å². The number of rotatable bonds is 5. The van der Waals surface area contributed by atoms with E-state index in [2.05, 4.69) is 91.0 Å². The van der Waals surface area contributed by atoms with Crippen molar-refractivity contribution in [2.75, 3.05) is 0 Å². The van der Waals surface area contributed by atoms with Gasteiger partial charge in [0.1, 0.15) is 16.2 Å². The molecule has 0 atom stereocenters. The van der Waals surface area contributed by atoms with Gasteiger partial charge >= 0.3 is 0 Å². The van der Waals surface area contributed by atoms with Crippen LogP contribution >= 0.6 is 22.7 Å². The average molecular weight is 715 g/mol. The van der Waals surface area contributed by atoms with Crippen LogP contribution in [0.3, 0.4) is 0 Å². The van der Waals surface area contributed by atoms with Gasteiger partial charge in [-0.1, -0.05) is 133 Å². The van der Waals surface area contributed by atoms with E-state index in [1.807, 2.05) is 78.1 Å². The molecule has 0 bridgehead atoms. The minimum atomic E-state index is 0.599. The van der Waals surface area contributed by atoms with Crippen LogP contribution in [0.5, 0.6) is 0 Å². The van der Waals surface area contributed by atoms with Crippen molar-refractivity contribution in [3.05, 3.63) is 158 Å². The zero-order valence-corrected chi connectivity index (χ0v) is 29.7. The van der Waals surface area contributed by atoms with Crippen molar-refractivity contribution in [2.45, 2.75) is 0 Å². The predicted octanol–water partition coefficient (Wildman–Crippen LogP) is 13.1. The minimum Gasteiger partial charge on any atom is -0.456 e. The Labute approximate surface area is 311 Å². The second-order valence-corrected chi connectivity index (χ2v) is 15.1. The predicted molar refractivity (Wildman–Crippen MR) is 220 cm³/mol. The molecule has 7 heteroatoms. The third-order valence-corrected chi connectivity index (χ3v) is 12.0. The lowest BCUT2D eigenvalue weighted by Gasteiger charge is -2.11. The van der Waals surface area contributed by atoms with Crippen LogP contribution in [0.1, 0.15) is 0 Å². The second kappa shape index (κ2) is 12.0. The van der Waals surface area contributed by atoms with Crippen LogP contribution in [0.4, 0.5) is 0 Å². The molecule has 11 rings (SSSR count). The standard InChI is InChI=1S/C46H26N4OS2/c1-3-12-28(13-4-1)43-48-44(50-45(49-43)33-18-11-20-35-40(33)31-16-7-9-19-34(31)51-35)29-24-22-27(23-25-29)39-41-32-17-8-10-21-36(32)52-37(41)26-38-42(39)47-46(53-38)30-14-5-2-6-15-30/h1-26H. The van der Waals surface area contributed by atoms with Crippen LogP contribution in [0.2, 0.25) is 0 Å². The fourth-order valence-corrected chi connectivity index (χ4v) is 9.59. The van der Waals surface area contributed by atoms with Crippen molar-refractivity contribution in [3.8, 4) is 55.9 Å². The third kappa shape index (κ3) is 4.97. The first-order valence-corrected chi connectivity index (χ1v) is 19.0. The van der Waals surface area contributed by atoms with Crippen LogP contribution in [0.15, 0.2) is 162 Å². The smallest absolute Gasteiger partial charge is 0.164 e. The van der Waals surface area contributed by atoms with Crippen LogP contribution in [0.25, 0.3) is 108 Å². The van der Waals surface area contributed by atoms with Gasteiger partial charge in [-0.2, -0.15) is 0 Å². The first-order chi connectivity index (χ1) is 26.2. The van der Waals surface area contributed by atoms with Crippen LogP contribution in [0, 0.1) is 0 Å². The van der Waals surface area contributed by atoms with Crippen molar-refractivity contribution in [1.29, 1.82) is 0 Å². The quantitative estimate of drug-likeness (QED) is 0.178. The third-order valence-electron chi connectivity index (χ3n) is 9.79. The molecule has 4 heterocycles. The van der Waals surface area contributed by atoms with E-state index in [1.165, 1.54) is 24.9 Å². The number of thiazole rings is 1. The summed E-state index contributed by atoms with van der Waals surface area (Å²) in [5, 5.41) is 5.53. The van der Waals surface area contributed by atoms with Gasteiger partial charge in [0, 0.05) is 58.8 Å². The highest BCUT2D eigenvalue weighted by molar-refractivity contribution is 7.27. The summed E-state index contributed by atoms with van der Waals surface area (Å²) in [5.74, 6) is 1.82. The SMILES string of the molecule is c1ccc(-c2nc(-c3ccc(-c4c5nc(-c6ccccc6)sc5cc5sc6ccccc6c45)cc3)nc(-c3cccc4oc5ccccc5c34)n2)cc1. The molecular formula is C46H26N4OS2. The summed E-state index contributed by atoms with van der Waals surface area (Å²) >= 11 is 3.58. The summed E-state index contributed by atoms with van der Waals surface area (Å²) in [4.78, 5) is 20.5. The van der Waals surface area contributed by atoms with Gasteiger partial charge in [-0.05, 0) is 29.8 Å². The number of nitrogens with zero attached hydrogens (tertiary/aromatic N) is 4. The maximum Gasteiger partial charge on any atom is 0.164 e. The largest absolute Gasteiger partial charge is 0.456 e. The highest BCUT2D eigenvalue weighted by atomic mass is 32.1. The molecule has 0 aliphatic heterocycles. The van der Waals surface area contributed by atoms with E-state index < -0.39 is 0 Å². The normalized spacial score (nSPS) is 11.8. The molecule has 0 N–H and O–H groups in total. The number of hydrogen-bond acceptors (Lipinski definition) is 7. The van der Waals surface area contributed by atoms with E-state index in [0.717, 1.165) is 65.8 Å². The van der Waals surface area contributed by atoms with Crippen LogP contribution in [-0.4, -0.2) is 19.9 Å². The lowest BCUT2D eigenvalue weighted by Crippen LogP contribution is -2.00. The van der Waals surface area contributed by atoms with E-state index in [1.54, 1.807) is 11.3 Å². The molecule has 0 radical (unpaired) electrons. The topological polar surface area (TPSA) is 64.7 Å². The van der Waals surface area contributed by atoms with Crippen molar-refractivity contribution < 1.29 is 4.42 Å². The van der Waals surface area contributed by atoms with E-state index in [9.17, 15) is 0 Å². The number of aromatic nitrogens is 4. The molecule has 11 aromatic rings. The fourth-order valence-electron chi connectivity index (χ4n) is 7.34. The number of hydrogen-bond donors (Lipinski definition) is 0. The van der Waals surface area contributed by atoms with E-state index >= 15 is 0 Å². The molecule has 248 valence electrons. The Balaban J connectivity index is 1.10. The highest BCUT2D eigenvalue weighted by Crippen LogP contribution is 2.46. The van der Waals surface area contributed by atoms with Crippen molar-refractivity contribution >= 4 is 75.0 Å². The molecule has 0 spiro atoms. The fraction of sp³-hybridized carbons (Fsp3) is 0. The molecule has 0 saturated carbocycles. The summed E-state index contributed by atoms with van der Waals surface area (Å²) in [6.45, 7) is 0. The number of furan rings is 1. The number of fused-ring (bicyclic) bond motifs is 7. The number of benzene rings is 7. The van der Waals surface area contributed by atoms with Crippen molar-refractivity contribution in [1.82, 2.24) is 19.9 Å². The number of thiophene rings is 1. The maximum absolute atomic E-state index is 6.23. The van der Waals surface area contributed by atoms with Gasteiger partial charge in [0.15, 0.2) is 17.5 Å².